The number of hydrogen-bond donors (Lipinski definition) is 1. The van der Waals surface area contributed by atoms with Gasteiger partial charge >= 0.3 is 5.97 Å². The Morgan fingerprint density at radius 1 is 0.967 bits per heavy atom. The fourth-order valence-electron chi connectivity index (χ4n) is 2.86. The van der Waals surface area contributed by atoms with Gasteiger partial charge in [0.25, 0.3) is 5.91 Å². The summed E-state index contributed by atoms with van der Waals surface area (Å²) in [5.41, 5.74) is 2.43. The second-order valence-corrected chi connectivity index (χ2v) is 6.87. The Labute approximate surface area is 174 Å². The van der Waals surface area contributed by atoms with Crippen molar-refractivity contribution < 1.29 is 23.5 Å². The van der Waals surface area contributed by atoms with Crippen LogP contribution in [0.25, 0.3) is 11.3 Å². The van der Waals surface area contributed by atoms with E-state index < -0.39 is 12.1 Å². The van der Waals surface area contributed by atoms with E-state index in [1.807, 2.05) is 30.3 Å². The van der Waals surface area contributed by atoms with Crippen LogP contribution in [-0.4, -0.2) is 30.3 Å². The number of carbonyl (C=O) groups is 3. The minimum atomic E-state index is -0.948. The largest absolute Gasteiger partial charge is 0.449 e. The molecule has 1 N–H and O–H groups in total. The third-order valence-corrected chi connectivity index (χ3v) is 4.59. The highest BCUT2D eigenvalue weighted by Gasteiger charge is 2.21. The number of hydrogen-bond acceptors (Lipinski definition) is 5. The van der Waals surface area contributed by atoms with Crippen LogP contribution in [0, 0.1) is 0 Å². The van der Waals surface area contributed by atoms with Gasteiger partial charge in [-0.05, 0) is 38.0 Å². The van der Waals surface area contributed by atoms with Crippen LogP contribution in [-0.2, 0) is 16.0 Å². The maximum absolute atomic E-state index is 12.3. The number of ether oxygens (including phenoxy) is 1. The molecule has 1 aromatic heterocycles. The molecule has 1 heterocycles. The van der Waals surface area contributed by atoms with Crippen molar-refractivity contribution in [1.29, 1.82) is 0 Å². The number of ketones is 1. The number of furan rings is 1. The summed E-state index contributed by atoms with van der Waals surface area (Å²) in [6.07, 6.45) is -0.256. The third-order valence-electron chi connectivity index (χ3n) is 4.59. The molecule has 30 heavy (non-hydrogen) atoms. The smallest absolute Gasteiger partial charge is 0.375 e. The second-order valence-electron chi connectivity index (χ2n) is 6.87. The molecule has 2 aromatic carbocycles. The fraction of sp³-hybridized carbons (Fsp3) is 0.208. The molecular weight excluding hydrogens is 382 g/mol. The van der Waals surface area contributed by atoms with Gasteiger partial charge < -0.3 is 14.5 Å². The zero-order valence-corrected chi connectivity index (χ0v) is 16.9. The van der Waals surface area contributed by atoms with Crippen molar-refractivity contribution in [3.63, 3.8) is 0 Å². The Morgan fingerprint density at radius 3 is 2.33 bits per heavy atom. The summed E-state index contributed by atoms with van der Waals surface area (Å²) >= 11 is 0. The van der Waals surface area contributed by atoms with Gasteiger partial charge in [-0.1, -0.05) is 54.6 Å². The Bertz CT molecular complexity index is 1020. The van der Waals surface area contributed by atoms with Crippen molar-refractivity contribution in [1.82, 2.24) is 5.32 Å². The van der Waals surface area contributed by atoms with Gasteiger partial charge in [-0.2, -0.15) is 0 Å². The lowest BCUT2D eigenvalue weighted by molar-refractivity contribution is -0.129. The van der Waals surface area contributed by atoms with Crippen molar-refractivity contribution in [2.24, 2.45) is 0 Å². The van der Waals surface area contributed by atoms with E-state index in [4.69, 9.17) is 9.15 Å². The molecular formula is C24H23NO5. The van der Waals surface area contributed by atoms with Crippen molar-refractivity contribution in [2.45, 2.75) is 26.4 Å². The zero-order chi connectivity index (χ0) is 21.5. The highest BCUT2D eigenvalue weighted by molar-refractivity contribution is 5.94. The van der Waals surface area contributed by atoms with Crippen molar-refractivity contribution in [3.05, 3.63) is 83.6 Å². The topological polar surface area (TPSA) is 85.6 Å². The highest BCUT2D eigenvalue weighted by atomic mass is 16.6. The molecule has 0 spiro atoms. The van der Waals surface area contributed by atoms with Crippen LogP contribution in [0.3, 0.4) is 0 Å². The van der Waals surface area contributed by atoms with E-state index >= 15 is 0 Å². The lowest BCUT2D eigenvalue weighted by Gasteiger charge is -2.12. The molecule has 3 rings (SSSR count). The molecule has 0 aliphatic heterocycles. The van der Waals surface area contributed by atoms with Crippen LogP contribution in [0.5, 0.6) is 0 Å². The maximum Gasteiger partial charge on any atom is 0.375 e. The van der Waals surface area contributed by atoms with Gasteiger partial charge in [-0.25, -0.2) is 4.79 Å². The van der Waals surface area contributed by atoms with Crippen LogP contribution in [0.4, 0.5) is 0 Å². The van der Waals surface area contributed by atoms with Gasteiger partial charge in [0, 0.05) is 17.7 Å². The van der Waals surface area contributed by atoms with Crippen molar-refractivity contribution in [2.75, 3.05) is 6.54 Å². The molecule has 154 valence electrons. The normalized spacial score (nSPS) is 11.5. The number of benzene rings is 2. The highest BCUT2D eigenvalue weighted by Crippen LogP contribution is 2.23. The summed E-state index contributed by atoms with van der Waals surface area (Å²) in [5, 5.41) is 2.76. The lowest BCUT2D eigenvalue weighted by Crippen LogP contribution is -2.36. The van der Waals surface area contributed by atoms with Gasteiger partial charge in [0.2, 0.25) is 5.76 Å². The monoisotopic (exact) mass is 405 g/mol. The number of amides is 1. The summed E-state index contributed by atoms with van der Waals surface area (Å²) in [4.78, 5) is 35.8. The van der Waals surface area contributed by atoms with E-state index in [9.17, 15) is 14.4 Å². The number of nitrogens with one attached hydrogen (secondary N) is 1. The summed E-state index contributed by atoms with van der Waals surface area (Å²) in [6.45, 7) is 3.46. The molecule has 6 heteroatoms. The average molecular weight is 405 g/mol. The zero-order valence-electron chi connectivity index (χ0n) is 16.9. The molecule has 0 saturated carbocycles. The lowest BCUT2D eigenvalue weighted by atomic mass is 10.1. The van der Waals surface area contributed by atoms with E-state index in [1.165, 1.54) is 19.9 Å². The molecule has 1 amide bonds. The van der Waals surface area contributed by atoms with Gasteiger partial charge in [0.15, 0.2) is 11.9 Å². The molecule has 6 nitrogen and oxygen atoms in total. The maximum atomic E-state index is 12.3. The van der Waals surface area contributed by atoms with Crippen LogP contribution in [0.1, 0.15) is 40.3 Å². The van der Waals surface area contributed by atoms with Crippen LogP contribution >= 0.6 is 0 Å². The molecule has 1 atom stereocenters. The third kappa shape index (κ3) is 5.44. The number of esters is 1. The quantitative estimate of drug-likeness (QED) is 0.451. The van der Waals surface area contributed by atoms with Crippen LogP contribution in [0.2, 0.25) is 0 Å². The molecule has 3 aromatic rings. The van der Waals surface area contributed by atoms with Crippen LogP contribution in [0.15, 0.2) is 71.1 Å². The number of rotatable bonds is 8. The van der Waals surface area contributed by atoms with E-state index in [-0.39, 0.29) is 17.5 Å². The van der Waals surface area contributed by atoms with Gasteiger partial charge in [-0.15, -0.1) is 0 Å². The predicted octanol–water partition coefficient (Wildman–Crippen LogP) is 4.05. The summed E-state index contributed by atoms with van der Waals surface area (Å²) in [7, 11) is 0. The van der Waals surface area contributed by atoms with Gasteiger partial charge in [-0.3, -0.25) is 9.59 Å². The van der Waals surface area contributed by atoms with E-state index in [0.717, 1.165) is 11.1 Å². The fourth-order valence-corrected chi connectivity index (χ4v) is 2.86. The second kappa shape index (κ2) is 9.69. The number of Topliss-reactive ketones (excluding diaryl/α,β-unsaturated/α-hetero) is 1. The SMILES string of the molecule is CC(=O)c1ccc(-c2ccc(C(=O)O[C@H](C)C(=O)NCCc3ccccc3)o2)cc1. The standard InChI is InChI=1S/C24H23NO5/c1-16(26)19-8-10-20(11-9-19)21-12-13-22(30-21)24(28)29-17(2)23(27)25-15-14-18-6-4-3-5-7-18/h3-13,17H,14-15H2,1-2H3,(H,25,27)/t17-/m1/s1. The minimum Gasteiger partial charge on any atom is -0.449 e. The molecule has 0 bridgehead atoms. The van der Waals surface area contributed by atoms with E-state index in [0.29, 0.717) is 24.3 Å². The first-order valence-corrected chi connectivity index (χ1v) is 9.68. The molecule has 0 aliphatic rings. The average Bonchev–Trinajstić information content (AvgIpc) is 3.25. The molecule has 0 saturated heterocycles. The summed E-state index contributed by atoms with van der Waals surface area (Å²) < 4.78 is 10.8. The van der Waals surface area contributed by atoms with E-state index in [1.54, 1.807) is 30.3 Å². The summed E-state index contributed by atoms with van der Waals surface area (Å²) in [5.74, 6) is -0.638. The Hall–Kier alpha value is -3.67. The van der Waals surface area contributed by atoms with Crippen molar-refractivity contribution >= 4 is 17.7 Å². The molecule has 0 fully saturated rings. The first-order chi connectivity index (χ1) is 14.4. The Balaban J connectivity index is 1.52. The van der Waals surface area contributed by atoms with Crippen LogP contribution < -0.4 is 5.32 Å². The summed E-state index contributed by atoms with van der Waals surface area (Å²) in [6, 6.07) is 19.8. The van der Waals surface area contributed by atoms with Crippen molar-refractivity contribution in [3.8, 4) is 11.3 Å². The molecule has 0 unspecified atom stereocenters. The van der Waals surface area contributed by atoms with Gasteiger partial charge in [0.05, 0.1) is 0 Å². The Morgan fingerprint density at radius 2 is 1.67 bits per heavy atom. The Kier molecular flexibility index (Phi) is 6.80. The van der Waals surface area contributed by atoms with Gasteiger partial charge in [0.1, 0.15) is 5.76 Å². The predicted molar refractivity (Wildman–Crippen MR) is 112 cm³/mol. The molecule has 0 radical (unpaired) electrons. The first kappa shape index (κ1) is 21.0. The minimum absolute atomic E-state index is 0.00424. The number of carbonyl (C=O) groups excluding carboxylic acids is 3. The van der Waals surface area contributed by atoms with E-state index in [2.05, 4.69) is 5.32 Å². The molecule has 0 aliphatic carbocycles. The first-order valence-electron chi connectivity index (χ1n) is 9.68.